The molecule has 0 amide bonds. The monoisotopic (exact) mass is 258 g/mol. The van der Waals surface area contributed by atoms with E-state index >= 15 is 0 Å². The van der Waals surface area contributed by atoms with Crippen molar-refractivity contribution in [2.24, 2.45) is 0 Å². The van der Waals surface area contributed by atoms with Gasteiger partial charge in [0.25, 0.3) is 0 Å². The van der Waals surface area contributed by atoms with Crippen LogP contribution in [0.4, 0.5) is 0 Å². The summed E-state index contributed by atoms with van der Waals surface area (Å²) in [6, 6.07) is 3.70. The van der Waals surface area contributed by atoms with E-state index in [0.717, 1.165) is 20.4 Å². The molecule has 2 aromatic heterocycles. The summed E-state index contributed by atoms with van der Waals surface area (Å²) in [5.41, 5.74) is 0.948. The second-order valence-corrected chi connectivity index (χ2v) is 5.85. The van der Waals surface area contributed by atoms with Crippen molar-refractivity contribution in [2.45, 2.75) is 24.1 Å². The largest absolute Gasteiger partial charge is 0.228 e. The van der Waals surface area contributed by atoms with Gasteiger partial charge in [0.1, 0.15) is 15.5 Å². The molecule has 0 N–H and O–H groups in total. The second-order valence-electron chi connectivity index (χ2n) is 3.14. The van der Waals surface area contributed by atoms with Crippen molar-refractivity contribution >= 4 is 45.0 Å². The molecule has 0 aliphatic carbocycles. The molecule has 0 bridgehead atoms. The zero-order valence-electron chi connectivity index (χ0n) is 8.36. The molecule has 2 nitrogen and oxygen atoms in total. The smallest absolute Gasteiger partial charge is 0.152 e. The van der Waals surface area contributed by atoms with Crippen molar-refractivity contribution < 1.29 is 0 Å². The molecule has 80 valence electrons. The van der Waals surface area contributed by atoms with E-state index in [-0.39, 0.29) is 0 Å². The number of thiazole rings is 1. The maximum Gasteiger partial charge on any atom is 0.152 e. The van der Waals surface area contributed by atoms with Gasteiger partial charge in [0.05, 0.1) is 0 Å². The summed E-state index contributed by atoms with van der Waals surface area (Å²) in [7, 11) is 0. The number of halogens is 1. The van der Waals surface area contributed by atoms with E-state index in [0.29, 0.717) is 5.15 Å². The van der Waals surface area contributed by atoms with Crippen molar-refractivity contribution in [3.8, 4) is 0 Å². The quantitative estimate of drug-likeness (QED) is 0.466. The van der Waals surface area contributed by atoms with Crippen molar-refractivity contribution in [2.75, 3.05) is 5.75 Å². The minimum absolute atomic E-state index is 0.538. The third-order valence-corrected chi connectivity index (χ3v) is 4.33. The third kappa shape index (κ3) is 2.83. The fourth-order valence-electron chi connectivity index (χ4n) is 1.14. The third-order valence-electron chi connectivity index (χ3n) is 1.93. The van der Waals surface area contributed by atoms with Gasteiger partial charge in [-0.2, -0.15) is 0 Å². The Morgan fingerprint density at radius 3 is 3.07 bits per heavy atom. The first-order valence-electron chi connectivity index (χ1n) is 4.85. The minimum atomic E-state index is 0.538. The standard InChI is InChI=1S/C10H11ClN2S2/c1-2-3-6-14-10-12-7-4-5-8(11)13-9(7)15-10/h4-5H,2-3,6H2,1H3. The van der Waals surface area contributed by atoms with Crippen LogP contribution in [0.1, 0.15) is 19.8 Å². The highest BCUT2D eigenvalue weighted by atomic mass is 35.5. The van der Waals surface area contributed by atoms with E-state index in [1.807, 2.05) is 6.07 Å². The summed E-state index contributed by atoms with van der Waals surface area (Å²) in [5, 5.41) is 0.538. The average Bonchev–Trinajstić information content (AvgIpc) is 2.60. The fourth-order valence-corrected chi connectivity index (χ4v) is 3.50. The maximum absolute atomic E-state index is 5.82. The van der Waals surface area contributed by atoms with Gasteiger partial charge in [-0.3, -0.25) is 0 Å². The highest BCUT2D eigenvalue weighted by molar-refractivity contribution is 8.01. The zero-order valence-corrected chi connectivity index (χ0v) is 10.8. The normalized spacial score (nSPS) is 11.1. The van der Waals surface area contributed by atoms with Crippen molar-refractivity contribution in [3.63, 3.8) is 0 Å². The lowest BCUT2D eigenvalue weighted by Gasteiger charge is -1.92. The molecule has 2 aromatic rings. The molecule has 0 atom stereocenters. The predicted octanol–water partition coefficient (Wildman–Crippen LogP) is 4.24. The van der Waals surface area contributed by atoms with Crippen LogP contribution in [0.5, 0.6) is 0 Å². The predicted molar refractivity (Wildman–Crippen MR) is 68.1 cm³/mol. The Labute approximate surface area is 102 Å². The molecule has 5 heteroatoms. The van der Waals surface area contributed by atoms with Crippen LogP contribution in [-0.2, 0) is 0 Å². The number of nitrogens with zero attached hydrogens (tertiary/aromatic N) is 2. The first kappa shape index (κ1) is 11.2. The number of aromatic nitrogens is 2. The van der Waals surface area contributed by atoms with Gasteiger partial charge in [0.2, 0.25) is 0 Å². The molecular weight excluding hydrogens is 248 g/mol. The number of unbranched alkanes of at least 4 members (excludes halogenated alkanes) is 1. The van der Waals surface area contributed by atoms with Crippen molar-refractivity contribution in [1.82, 2.24) is 9.97 Å². The van der Waals surface area contributed by atoms with Gasteiger partial charge in [-0.05, 0) is 18.6 Å². The number of hydrogen-bond donors (Lipinski definition) is 0. The lowest BCUT2D eigenvalue weighted by molar-refractivity contribution is 0.896. The first-order chi connectivity index (χ1) is 7.29. The van der Waals surface area contributed by atoms with Gasteiger partial charge >= 0.3 is 0 Å². The summed E-state index contributed by atoms with van der Waals surface area (Å²) >= 11 is 9.23. The number of thioether (sulfide) groups is 1. The highest BCUT2D eigenvalue weighted by Gasteiger charge is 2.05. The maximum atomic E-state index is 5.82. The lowest BCUT2D eigenvalue weighted by Crippen LogP contribution is -1.76. The summed E-state index contributed by atoms with van der Waals surface area (Å²) in [6.45, 7) is 2.19. The summed E-state index contributed by atoms with van der Waals surface area (Å²) in [4.78, 5) is 9.65. The van der Waals surface area contributed by atoms with Crippen molar-refractivity contribution in [1.29, 1.82) is 0 Å². The SMILES string of the molecule is CCCCSc1nc2ccc(Cl)nc2s1. The Balaban J connectivity index is 2.16. The molecule has 0 unspecified atom stereocenters. The molecule has 0 aliphatic heterocycles. The van der Waals surface area contributed by atoms with Crippen LogP contribution < -0.4 is 0 Å². The second kappa shape index (κ2) is 5.14. The molecule has 0 saturated heterocycles. The molecule has 0 spiro atoms. The Bertz CT molecular complexity index is 456. The summed E-state index contributed by atoms with van der Waals surface area (Å²) < 4.78 is 1.09. The molecule has 0 radical (unpaired) electrons. The molecular formula is C10H11ClN2S2. The van der Waals surface area contributed by atoms with Crippen LogP contribution in [-0.4, -0.2) is 15.7 Å². The van der Waals surface area contributed by atoms with Crippen LogP contribution in [0.25, 0.3) is 10.3 Å². The van der Waals surface area contributed by atoms with Crippen LogP contribution >= 0.6 is 34.7 Å². The van der Waals surface area contributed by atoms with E-state index in [1.165, 1.54) is 12.8 Å². The van der Waals surface area contributed by atoms with E-state index in [4.69, 9.17) is 11.6 Å². The summed E-state index contributed by atoms with van der Waals surface area (Å²) in [6.07, 6.45) is 2.46. The number of pyridine rings is 1. The van der Waals surface area contributed by atoms with Gasteiger partial charge in [-0.15, -0.1) is 0 Å². The van der Waals surface area contributed by atoms with Gasteiger partial charge in [0, 0.05) is 5.75 Å². The molecule has 15 heavy (non-hydrogen) atoms. The van der Waals surface area contributed by atoms with E-state index < -0.39 is 0 Å². The van der Waals surface area contributed by atoms with E-state index in [1.54, 1.807) is 29.2 Å². The van der Waals surface area contributed by atoms with Crippen LogP contribution in [0, 0.1) is 0 Å². The Kier molecular flexibility index (Phi) is 3.83. The van der Waals surface area contributed by atoms with E-state index in [2.05, 4.69) is 16.9 Å². The first-order valence-corrected chi connectivity index (χ1v) is 7.03. The molecule has 0 fully saturated rings. The number of rotatable bonds is 4. The molecule has 0 saturated carbocycles. The Morgan fingerprint density at radius 2 is 2.27 bits per heavy atom. The van der Waals surface area contributed by atoms with Gasteiger partial charge in [0.15, 0.2) is 4.34 Å². The Morgan fingerprint density at radius 1 is 1.40 bits per heavy atom. The van der Waals surface area contributed by atoms with Gasteiger partial charge in [-0.25, -0.2) is 9.97 Å². The number of hydrogen-bond acceptors (Lipinski definition) is 4. The molecule has 0 aromatic carbocycles. The number of fused-ring (bicyclic) bond motifs is 1. The molecule has 2 heterocycles. The van der Waals surface area contributed by atoms with E-state index in [9.17, 15) is 0 Å². The van der Waals surface area contributed by atoms with Crippen molar-refractivity contribution in [3.05, 3.63) is 17.3 Å². The Hall–Kier alpha value is -0.320. The lowest BCUT2D eigenvalue weighted by atomic mass is 10.4. The van der Waals surface area contributed by atoms with Crippen LogP contribution in [0.15, 0.2) is 16.5 Å². The average molecular weight is 259 g/mol. The molecule has 2 rings (SSSR count). The summed E-state index contributed by atoms with van der Waals surface area (Å²) in [5.74, 6) is 1.13. The zero-order chi connectivity index (χ0) is 10.7. The molecule has 0 aliphatic rings. The highest BCUT2D eigenvalue weighted by Crippen LogP contribution is 2.29. The fraction of sp³-hybridized carbons (Fsp3) is 0.400. The van der Waals surface area contributed by atoms with Crippen LogP contribution in [0.2, 0.25) is 5.15 Å². The minimum Gasteiger partial charge on any atom is -0.228 e. The van der Waals surface area contributed by atoms with Crippen LogP contribution in [0.3, 0.4) is 0 Å². The van der Waals surface area contributed by atoms with Gasteiger partial charge < -0.3 is 0 Å². The van der Waals surface area contributed by atoms with Gasteiger partial charge in [-0.1, -0.05) is 48.0 Å². The topological polar surface area (TPSA) is 25.8 Å².